The highest BCUT2D eigenvalue weighted by molar-refractivity contribution is 6.23. The highest BCUT2D eigenvalue weighted by Crippen LogP contribution is 2.61. The van der Waals surface area contributed by atoms with E-state index in [4.69, 9.17) is 4.74 Å². The Kier molecular flexibility index (Phi) is 4.86. The molecule has 2 amide bonds. The Morgan fingerprint density at radius 1 is 0.622 bits per heavy atom. The SMILES string of the molecule is O=C(OCc1ccccc1)c1ccc(N2C(=O)[C@@H]3C4c5ccccc5C(c5ccccc54)[C@H]3C2=O)cc1. The van der Waals surface area contributed by atoms with Crippen molar-refractivity contribution in [1.29, 1.82) is 0 Å². The number of hydrogen-bond donors (Lipinski definition) is 0. The molecule has 1 aliphatic heterocycles. The summed E-state index contributed by atoms with van der Waals surface area (Å²) in [6, 6.07) is 32.4. The first-order valence-electron chi connectivity index (χ1n) is 12.5. The number of esters is 1. The molecule has 0 N–H and O–H groups in total. The van der Waals surface area contributed by atoms with Crippen LogP contribution in [0.15, 0.2) is 103 Å². The van der Waals surface area contributed by atoms with Gasteiger partial charge < -0.3 is 4.74 Å². The number of hydrogen-bond acceptors (Lipinski definition) is 4. The van der Waals surface area contributed by atoms with Crippen molar-refractivity contribution in [2.75, 3.05) is 4.90 Å². The van der Waals surface area contributed by atoms with Crippen molar-refractivity contribution in [2.24, 2.45) is 11.8 Å². The van der Waals surface area contributed by atoms with Gasteiger partial charge in [-0.15, -0.1) is 0 Å². The Morgan fingerprint density at radius 2 is 1.08 bits per heavy atom. The van der Waals surface area contributed by atoms with Gasteiger partial charge in [0.25, 0.3) is 0 Å². The second-order valence-electron chi connectivity index (χ2n) is 9.89. The molecule has 37 heavy (non-hydrogen) atoms. The molecule has 4 aromatic carbocycles. The topological polar surface area (TPSA) is 63.7 Å². The Labute approximate surface area is 214 Å². The maximum atomic E-state index is 13.9. The molecule has 8 rings (SSSR count). The average Bonchev–Trinajstić information content (AvgIpc) is 3.22. The van der Waals surface area contributed by atoms with Crippen LogP contribution in [0.2, 0.25) is 0 Å². The summed E-state index contributed by atoms with van der Waals surface area (Å²) in [5.74, 6) is -1.95. The number of benzene rings is 4. The number of carbonyl (C=O) groups excluding carboxylic acids is 3. The van der Waals surface area contributed by atoms with Crippen LogP contribution in [0.5, 0.6) is 0 Å². The van der Waals surface area contributed by atoms with E-state index in [-0.39, 0.29) is 30.3 Å². The summed E-state index contributed by atoms with van der Waals surface area (Å²) in [5, 5.41) is 0. The van der Waals surface area contributed by atoms with Gasteiger partial charge in [0, 0.05) is 11.8 Å². The van der Waals surface area contributed by atoms with E-state index in [1.165, 1.54) is 4.90 Å². The van der Waals surface area contributed by atoms with Gasteiger partial charge in [0.05, 0.1) is 23.1 Å². The summed E-state index contributed by atoms with van der Waals surface area (Å²) in [5.41, 5.74) is 6.34. The molecular formula is C32H23NO4. The predicted molar refractivity (Wildman–Crippen MR) is 138 cm³/mol. The number of ether oxygens (including phenoxy) is 1. The van der Waals surface area contributed by atoms with Crippen LogP contribution in [0.1, 0.15) is 50.0 Å². The first kappa shape index (κ1) is 21.7. The Balaban J connectivity index is 1.19. The van der Waals surface area contributed by atoms with E-state index in [1.807, 2.05) is 54.6 Å². The highest BCUT2D eigenvalue weighted by atomic mass is 16.5. The molecule has 3 aliphatic carbocycles. The summed E-state index contributed by atoms with van der Waals surface area (Å²) < 4.78 is 5.42. The van der Waals surface area contributed by atoms with Gasteiger partial charge in [-0.25, -0.2) is 9.69 Å². The number of carbonyl (C=O) groups is 3. The van der Waals surface area contributed by atoms with Gasteiger partial charge in [0.1, 0.15) is 6.61 Å². The van der Waals surface area contributed by atoms with Crippen LogP contribution in [0.3, 0.4) is 0 Å². The number of nitrogens with zero attached hydrogens (tertiary/aromatic N) is 1. The van der Waals surface area contributed by atoms with Crippen LogP contribution in [-0.2, 0) is 20.9 Å². The fourth-order valence-electron chi connectivity index (χ4n) is 6.48. The summed E-state index contributed by atoms with van der Waals surface area (Å²) in [6.45, 7) is 0.178. The smallest absolute Gasteiger partial charge is 0.338 e. The Hall–Kier alpha value is -4.51. The molecule has 4 aromatic rings. The summed E-state index contributed by atoms with van der Waals surface area (Å²) >= 11 is 0. The lowest BCUT2D eigenvalue weighted by molar-refractivity contribution is -0.122. The molecule has 0 unspecified atom stereocenters. The van der Waals surface area contributed by atoms with Crippen molar-refractivity contribution in [3.63, 3.8) is 0 Å². The second-order valence-corrected chi connectivity index (χ2v) is 9.89. The average molecular weight is 486 g/mol. The first-order valence-corrected chi connectivity index (χ1v) is 12.5. The molecule has 180 valence electrons. The number of imide groups is 1. The molecule has 1 fully saturated rings. The van der Waals surface area contributed by atoms with Crippen LogP contribution in [0.4, 0.5) is 5.69 Å². The number of amides is 2. The van der Waals surface area contributed by atoms with E-state index in [0.717, 1.165) is 27.8 Å². The lowest BCUT2D eigenvalue weighted by Gasteiger charge is -2.45. The fraction of sp³-hybridized carbons (Fsp3) is 0.156. The van der Waals surface area contributed by atoms with Gasteiger partial charge in [0.2, 0.25) is 11.8 Å². The highest BCUT2D eigenvalue weighted by Gasteiger charge is 2.61. The van der Waals surface area contributed by atoms with Crippen molar-refractivity contribution >= 4 is 23.5 Å². The maximum Gasteiger partial charge on any atom is 0.338 e. The van der Waals surface area contributed by atoms with E-state index in [1.54, 1.807) is 24.3 Å². The predicted octanol–water partition coefficient (Wildman–Crippen LogP) is 5.44. The molecule has 4 aliphatic rings. The largest absolute Gasteiger partial charge is 0.457 e. The third kappa shape index (κ3) is 3.20. The van der Waals surface area contributed by atoms with Gasteiger partial charge in [0.15, 0.2) is 0 Å². The molecule has 1 heterocycles. The van der Waals surface area contributed by atoms with Crippen LogP contribution >= 0.6 is 0 Å². The second kappa shape index (κ2) is 8.27. The van der Waals surface area contributed by atoms with E-state index in [9.17, 15) is 14.4 Å². The van der Waals surface area contributed by atoms with E-state index in [2.05, 4.69) is 24.3 Å². The molecule has 0 saturated carbocycles. The van der Waals surface area contributed by atoms with E-state index >= 15 is 0 Å². The normalized spacial score (nSPS) is 22.9. The monoisotopic (exact) mass is 485 g/mol. The van der Waals surface area contributed by atoms with Gasteiger partial charge in [-0.2, -0.15) is 0 Å². The van der Waals surface area contributed by atoms with Crippen molar-refractivity contribution in [2.45, 2.75) is 18.4 Å². The minimum atomic E-state index is -0.452. The zero-order chi connectivity index (χ0) is 25.1. The van der Waals surface area contributed by atoms with E-state index in [0.29, 0.717) is 11.3 Å². The lowest BCUT2D eigenvalue weighted by Crippen LogP contribution is -2.41. The number of rotatable bonds is 4. The molecule has 0 aromatic heterocycles. The van der Waals surface area contributed by atoms with Crippen molar-refractivity contribution in [1.82, 2.24) is 0 Å². The quantitative estimate of drug-likeness (QED) is 0.285. The first-order chi connectivity index (χ1) is 18.1. The minimum Gasteiger partial charge on any atom is -0.457 e. The van der Waals surface area contributed by atoms with E-state index < -0.39 is 17.8 Å². The third-order valence-electron chi connectivity index (χ3n) is 8.02. The number of anilines is 1. The Morgan fingerprint density at radius 3 is 1.57 bits per heavy atom. The van der Waals surface area contributed by atoms with Crippen LogP contribution in [0, 0.1) is 11.8 Å². The van der Waals surface area contributed by atoms with Crippen LogP contribution < -0.4 is 4.90 Å². The minimum absolute atomic E-state index is 0.143. The van der Waals surface area contributed by atoms with Crippen LogP contribution in [0.25, 0.3) is 0 Å². The molecule has 5 nitrogen and oxygen atoms in total. The van der Waals surface area contributed by atoms with Gasteiger partial charge in [-0.3, -0.25) is 9.59 Å². The standard InChI is InChI=1S/C32H23NO4/c34-30-28-26-22-10-4-5-11-23(22)27(25-13-7-6-12-24(25)26)29(28)31(35)33(30)21-16-14-20(15-17-21)32(36)37-18-19-8-2-1-3-9-19/h1-17,26-29H,18H2/t26?,27?,28-,29-/m1/s1. The molecule has 5 heteroatoms. The van der Waals surface area contributed by atoms with Crippen LogP contribution in [-0.4, -0.2) is 17.8 Å². The molecule has 2 bridgehead atoms. The zero-order valence-electron chi connectivity index (χ0n) is 19.9. The summed E-state index contributed by atoms with van der Waals surface area (Å²) in [4.78, 5) is 41.6. The summed E-state index contributed by atoms with van der Waals surface area (Å²) in [7, 11) is 0. The maximum absolute atomic E-state index is 13.9. The van der Waals surface area contributed by atoms with Gasteiger partial charge in [-0.05, 0) is 52.1 Å². The van der Waals surface area contributed by atoms with Crippen molar-refractivity contribution < 1.29 is 19.1 Å². The van der Waals surface area contributed by atoms with Crippen molar-refractivity contribution in [3.8, 4) is 0 Å². The molecule has 0 radical (unpaired) electrons. The molecule has 1 saturated heterocycles. The van der Waals surface area contributed by atoms with Gasteiger partial charge >= 0.3 is 5.97 Å². The summed E-state index contributed by atoms with van der Waals surface area (Å²) in [6.07, 6.45) is 0. The zero-order valence-corrected chi connectivity index (χ0v) is 19.9. The lowest BCUT2D eigenvalue weighted by atomic mass is 9.55. The van der Waals surface area contributed by atoms with Crippen molar-refractivity contribution in [3.05, 3.63) is 137 Å². The molecule has 2 atom stereocenters. The Bertz CT molecular complexity index is 1440. The fourth-order valence-corrected chi connectivity index (χ4v) is 6.48. The molecular weight excluding hydrogens is 462 g/mol. The molecule has 0 spiro atoms. The van der Waals surface area contributed by atoms with Gasteiger partial charge in [-0.1, -0.05) is 78.9 Å². The third-order valence-corrected chi connectivity index (χ3v) is 8.02.